The second-order valence-corrected chi connectivity index (χ2v) is 7.51. The fourth-order valence-electron chi connectivity index (χ4n) is 1.85. The van der Waals surface area contributed by atoms with Crippen LogP contribution in [0.4, 0.5) is 11.4 Å². The van der Waals surface area contributed by atoms with Crippen LogP contribution in [0, 0.1) is 0 Å². The number of nitrogens with zero attached hydrogens (tertiary/aromatic N) is 1. The van der Waals surface area contributed by atoms with Gasteiger partial charge in [-0.25, -0.2) is 0 Å². The van der Waals surface area contributed by atoms with Crippen molar-refractivity contribution in [3.8, 4) is 0 Å². The van der Waals surface area contributed by atoms with Crippen molar-refractivity contribution in [2.24, 2.45) is 0 Å². The normalized spacial score (nSPS) is 10.6. The first-order valence-electron chi connectivity index (χ1n) is 6.15. The molecule has 1 aromatic heterocycles. The summed E-state index contributed by atoms with van der Waals surface area (Å²) in [6.07, 6.45) is 0.883. The zero-order valence-electron chi connectivity index (χ0n) is 10.9. The van der Waals surface area contributed by atoms with Crippen LogP contribution >= 0.6 is 43.2 Å². The van der Waals surface area contributed by atoms with E-state index in [-0.39, 0.29) is 5.91 Å². The highest BCUT2D eigenvalue weighted by Crippen LogP contribution is 2.33. The molecule has 1 amide bonds. The highest BCUT2D eigenvalue weighted by atomic mass is 79.9. The summed E-state index contributed by atoms with van der Waals surface area (Å²) in [6, 6.07) is 9.25. The molecule has 0 unspecified atom stereocenters. The fourth-order valence-corrected chi connectivity index (χ4v) is 3.83. The van der Waals surface area contributed by atoms with Crippen molar-refractivity contribution in [3.63, 3.8) is 0 Å². The van der Waals surface area contributed by atoms with Crippen LogP contribution in [0.1, 0.15) is 23.0 Å². The van der Waals surface area contributed by atoms with Crippen molar-refractivity contribution in [1.29, 1.82) is 0 Å². The second-order valence-electron chi connectivity index (χ2n) is 4.28. The molecule has 2 aromatic rings. The van der Waals surface area contributed by atoms with Gasteiger partial charge in [0, 0.05) is 22.4 Å². The van der Waals surface area contributed by atoms with Crippen LogP contribution in [0.15, 0.2) is 38.6 Å². The summed E-state index contributed by atoms with van der Waals surface area (Å²) in [6.45, 7) is 2.71. The van der Waals surface area contributed by atoms with Crippen LogP contribution in [0.3, 0.4) is 0 Å². The quantitative estimate of drug-likeness (QED) is 0.718. The average Bonchev–Trinajstić information content (AvgIpc) is 2.75. The van der Waals surface area contributed by atoms with Crippen molar-refractivity contribution >= 4 is 60.5 Å². The highest BCUT2D eigenvalue weighted by Gasteiger charge is 2.20. The van der Waals surface area contributed by atoms with Gasteiger partial charge in [-0.2, -0.15) is 0 Å². The number of amides is 1. The van der Waals surface area contributed by atoms with Crippen molar-refractivity contribution in [3.05, 3.63) is 43.5 Å². The summed E-state index contributed by atoms with van der Waals surface area (Å²) in [4.78, 5) is 15.1. The maximum Gasteiger partial charge on any atom is 0.268 e. The topological polar surface area (TPSA) is 46.3 Å². The van der Waals surface area contributed by atoms with Crippen molar-refractivity contribution < 1.29 is 4.79 Å². The Labute approximate surface area is 139 Å². The fraction of sp³-hybridized carbons (Fsp3) is 0.214. The lowest BCUT2D eigenvalue weighted by atomic mass is 10.2. The zero-order valence-corrected chi connectivity index (χ0v) is 14.9. The largest absolute Gasteiger partial charge is 0.399 e. The van der Waals surface area contributed by atoms with Gasteiger partial charge in [0.25, 0.3) is 5.91 Å². The summed E-state index contributed by atoms with van der Waals surface area (Å²) >= 11 is 8.26. The molecule has 106 valence electrons. The third kappa shape index (κ3) is 3.42. The SMILES string of the molecule is CCCN(C(=O)c1cc(Br)c(Br)s1)c1cccc(N)c1. The summed E-state index contributed by atoms with van der Waals surface area (Å²) in [5.74, 6) is -0.00569. The molecule has 0 saturated carbocycles. The van der Waals surface area contributed by atoms with Crippen LogP contribution < -0.4 is 10.6 Å². The summed E-state index contributed by atoms with van der Waals surface area (Å²) in [7, 11) is 0. The molecule has 6 heteroatoms. The van der Waals surface area contributed by atoms with Gasteiger partial charge in [-0.3, -0.25) is 4.79 Å². The van der Waals surface area contributed by atoms with E-state index in [1.54, 1.807) is 4.90 Å². The smallest absolute Gasteiger partial charge is 0.268 e. The Kier molecular flexibility index (Phi) is 5.23. The first-order chi connectivity index (χ1) is 9.52. The highest BCUT2D eigenvalue weighted by molar-refractivity contribution is 9.13. The van der Waals surface area contributed by atoms with Crippen molar-refractivity contribution in [1.82, 2.24) is 0 Å². The molecule has 2 N–H and O–H groups in total. The molecule has 0 bridgehead atoms. The molecule has 0 aliphatic rings. The molecule has 1 heterocycles. The van der Waals surface area contributed by atoms with E-state index in [9.17, 15) is 4.79 Å². The monoisotopic (exact) mass is 416 g/mol. The van der Waals surface area contributed by atoms with Crippen LogP contribution in [0.2, 0.25) is 0 Å². The number of benzene rings is 1. The van der Waals surface area contributed by atoms with Gasteiger partial charge in [0.2, 0.25) is 0 Å². The molecule has 0 spiro atoms. The Balaban J connectivity index is 2.35. The van der Waals surface area contributed by atoms with Gasteiger partial charge < -0.3 is 10.6 Å². The molecule has 0 radical (unpaired) electrons. The lowest BCUT2D eigenvalue weighted by molar-refractivity contribution is 0.0991. The minimum absolute atomic E-state index is 0.00569. The zero-order chi connectivity index (χ0) is 14.7. The maximum absolute atomic E-state index is 12.7. The van der Waals surface area contributed by atoms with E-state index in [0.717, 1.165) is 20.4 Å². The number of nitrogens with two attached hydrogens (primary N) is 1. The summed E-state index contributed by atoms with van der Waals surface area (Å²) < 4.78 is 1.82. The van der Waals surface area contributed by atoms with E-state index in [2.05, 4.69) is 31.9 Å². The number of anilines is 2. The van der Waals surface area contributed by atoms with Crippen molar-refractivity contribution in [2.45, 2.75) is 13.3 Å². The maximum atomic E-state index is 12.7. The number of hydrogen-bond donors (Lipinski definition) is 1. The number of carbonyl (C=O) groups excluding carboxylic acids is 1. The standard InChI is InChI=1S/C14H14Br2N2OS/c1-2-6-18(10-5-3-4-9(17)7-10)14(19)12-8-11(15)13(16)20-12/h3-5,7-8H,2,6,17H2,1H3. The Morgan fingerprint density at radius 2 is 2.10 bits per heavy atom. The summed E-state index contributed by atoms with van der Waals surface area (Å²) in [5, 5.41) is 0. The number of hydrogen-bond acceptors (Lipinski definition) is 3. The van der Waals surface area contributed by atoms with Crippen LogP contribution in [0.25, 0.3) is 0 Å². The number of halogens is 2. The third-order valence-corrected chi connectivity index (χ3v) is 5.97. The Morgan fingerprint density at radius 1 is 1.35 bits per heavy atom. The number of rotatable bonds is 4. The molecule has 0 atom stereocenters. The van der Waals surface area contributed by atoms with E-state index in [0.29, 0.717) is 17.1 Å². The average molecular weight is 418 g/mol. The van der Waals surface area contributed by atoms with E-state index < -0.39 is 0 Å². The first kappa shape index (κ1) is 15.5. The Bertz CT molecular complexity index is 608. The van der Waals surface area contributed by atoms with Gasteiger partial charge in [0.15, 0.2) is 0 Å². The van der Waals surface area contributed by atoms with E-state index in [1.165, 1.54) is 11.3 Å². The van der Waals surface area contributed by atoms with Gasteiger partial charge >= 0.3 is 0 Å². The molecular weight excluding hydrogens is 404 g/mol. The molecule has 0 saturated heterocycles. The van der Waals surface area contributed by atoms with Gasteiger partial charge in [-0.15, -0.1) is 11.3 Å². The predicted molar refractivity (Wildman–Crippen MR) is 92.5 cm³/mol. The van der Waals surface area contributed by atoms with Gasteiger partial charge in [0.05, 0.1) is 8.66 Å². The lowest BCUT2D eigenvalue weighted by Gasteiger charge is -2.22. The lowest BCUT2D eigenvalue weighted by Crippen LogP contribution is -2.31. The molecular formula is C14H14Br2N2OS. The molecule has 3 nitrogen and oxygen atoms in total. The Morgan fingerprint density at radius 3 is 2.65 bits per heavy atom. The van der Waals surface area contributed by atoms with Crippen LogP contribution in [0.5, 0.6) is 0 Å². The Hall–Kier alpha value is -0.850. The molecule has 2 rings (SSSR count). The van der Waals surface area contributed by atoms with Crippen LogP contribution in [-0.2, 0) is 0 Å². The second kappa shape index (κ2) is 6.74. The van der Waals surface area contributed by atoms with Gasteiger partial charge in [-0.1, -0.05) is 13.0 Å². The molecule has 0 aliphatic heterocycles. The predicted octanol–water partition coefficient (Wildman–Crippen LogP) is 4.91. The molecule has 20 heavy (non-hydrogen) atoms. The molecule has 0 aliphatic carbocycles. The third-order valence-electron chi connectivity index (χ3n) is 2.73. The van der Waals surface area contributed by atoms with Crippen molar-refractivity contribution in [2.75, 3.05) is 17.2 Å². The van der Waals surface area contributed by atoms with Gasteiger partial charge in [-0.05, 0) is 62.5 Å². The minimum atomic E-state index is -0.00569. The van der Waals surface area contributed by atoms with E-state index in [4.69, 9.17) is 5.73 Å². The first-order valence-corrected chi connectivity index (χ1v) is 8.55. The number of nitrogen functional groups attached to an aromatic ring is 1. The van der Waals surface area contributed by atoms with E-state index >= 15 is 0 Å². The molecule has 1 aromatic carbocycles. The minimum Gasteiger partial charge on any atom is -0.399 e. The van der Waals surface area contributed by atoms with E-state index in [1.807, 2.05) is 37.3 Å². The number of carbonyl (C=O) groups is 1. The number of thiophene rings is 1. The summed E-state index contributed by atoms with van der Waals surface area (Å²) in [5.41, 5.74) is 7.30. The van der Waals surface area contributed by atoms with Crippen LogP contribution in [-0.4, -0.2) is 12.5 Å². The van der Waals surface area contributed by atoms with Gasteiger partial charge in [0.1, 0.15) is 0 Å². The molecule has 0 fully saturated rings.